The molecule has 0 saturated heterocycles. The molecule has 2 saturated carbocycles. The van der Waals surface area contributed by atoms with E-state index in [4.69, 9.17) is 21.1 Å². The zero-order valence-corrected chi connectivity index (χ0v) is 13.6. The highest BCUT2D eigenvalue weighted by Crippen LogP contribution is 2.40. The van der Waals surface area contributed by atoms with Crippen molar-refractivity contribution in [2.24, 2.45) is 5.92 Å². The first-order chi connectivity index (χ1) is 11.0. The van der Waals surface area contributed by atoms with Crippen molar-refractivity contribution in [3.63, 3.8) is 0 Å². The summed E-state index contributed by atoms with van der Waals surface area (Å²) < 4.78 is 24.8. The number of methoxy groups -OCH3 is 1. The van der Waals surface area contributed by atoms with Gasteiger partial charge in [0, 0.05) is 18.2 Å². The molecule has 0 bridgehead atoms. The fraction of sp³-hybridized carbons (Fsp3) is 0.562. The molecule has 0 unspecified atom stereocenters. The van der Waals surface area contributed by atoms with Crippen LogP contribution in [0.15, 0.2) is 6.07 Å². The number of hydrogen-bond donors (Lipinski definition) is 2. The normalized spacial score (nSPS) is 18.6. The van der Waals surface area contributed by atoms with Crippen LogP contribution >= 0.6 is 11.6 Å². The Morgan fingerprint density at radius 2 is 2.22 bits per heavy atom. The molecule has 2 fully saturated rings. The maximum absolute atomic E-state index is 14.4. The molecule has 7 heteroatoms. The number of carbonyl (C=O) groups is 1. The van der Waals surface area contributed by atoms with Crippen molar-refractivity contribution in [2.45, 2.75) is 37.8 Å². The van der Waals surface area contributed by atoms with E-state index in [1.165, 1.54) is 13.2 Å². The van der Waals surface area contributed by atoms with Gasteiger partial charge in [-0.05, 0) is 31.6 Å². The lowest BCUT2D eigenvalue weighted by Gasteiger charge is -2.18. The Morgan fingerprint density at radius 3 is 2.78 bits per heavy atom. The number of ether oxygens (including phenoxy) is 2. The van der Waals surface area contributed by atoms with Crippen molar-refractivity contribution in [1.29, 1.82) is 0 Å². The number of hydrogen-bond acceptors (Lipinski definition) is 5. The molecular weight excluding hydrogens is 325 g/mol. The second-order valence-electron chi connectivity index (χ2n) is 6.18. The van der Waals surface area contributed by atoms with Crippen molar-refractivity contribution < 1.29 is 23.8 Å². The van der Waals surface area contributed by atoms with Crippen LogP contribution in [0.2, 0.25) is 5.02 Å². The molecule has 0 spiro atoms. The smallest absolute Gasteiger partial charge is 0.326 e. The molecular formula is C16H19ClFNO4. The summed E-state index contributed by atoms with van der Waals surface area (Å²) in [7, 11) is 1.33. The Balaban J connectivity index is 1.78. The average molecular weight is 344 g/mol. The van der Waals surface area contributed by atoms with Gasteiger partial charge in [-0.15, -0.1) is 0 Å². The highest BCUT2D eigenvalue weighted by molar-refractivity contribution is 6.32. The molecule has 2 aliphatic rings. The van der Waals surface area contributed by atoms with E-state index in [9.17, 15) is 14.3 Å². The molecule has 126 valence electrons. The minimum Gasteiger partial charge on any atom is -0.506 e. The minimum absolute atomic E-state index is 0.0704. The highest BCUT2D eigenvalue weighted by Gasteiger charge is 2.51. The summed E-state index contributed by atoms with van der Waals surface area (Å²) in [5.74, 6) is -0.701. The third-order valence-electron chi connectivity index (χ3n) is 4.35. The third-order valence-corrected chi connectivity index (χ3v) is 4.71. The van der Waals surface area contributed by atoms with Crippen molar-refractivity contribution in [3.05, 3.63) is 22.5 Å². The zero-order chi connectivity index (χ0) is 16.6. The topological polar surface area (TPSA) is 67.8 Å². The molecule has 1 aromatic carbocycles. The van der Waals surface area contributed by atoms with E-state index in [-0.39, 0.29) is 34.6 Å². The van der Waals surface area contributed by atoms with Crippen LogP contribution in [-0.2, 0) is 16.1 Å². The van der Waals surface area contributed by atoms with Gasteiger partial charge in [0.1, 0.15) is 22.1 Å². The first-order valence-electron chi connectivity index (χ1n) is 7.63. The standard InChI is InChI=1S/C16H19ClFNO4/c1-22-15(21)16(4-5-16)19-7-10-12(23-8-9-2-3-9)6-11(20)13(17)14(10)18/h6,9,19-20H,2-5,7-8H2,1H3. The van der Waals surface area contributed by atoms with E-state index in [0.29, 0.717) is 25.4 Å². The van der Waals surface area contributed by atoms with Gasteiger partial charge in [0.2, 0.25) is 0 Å². The van der Waals surface area contributed by atoms with Gasteiger partial charge in [0.05, 0.1) is 13.7 Å². The lowest BCUT2D eigenvalue weighted by molar-refractivity contribution is -0.144. The van der Waals surface area contributed by atoms with Crippen molar-refractivity contribution >= 4 is 17.6 Å². The van der Waals surface area contributed by atoms with Crippen LogP contribution in [0.1, 0.15) is 31.2 Å². The van der Waals surface area contributed by atoms with Crippen LogP contribution in [0.25, 0.3) is 0 Å². The predicted molar refractivity (Wildman–Crippen MR) is 82.1 cm³/mol. The van der Waals surface area contributed by atoms with E-state index in [2.05, 4.69) is 5.32 Å². The number of rotatable bonds is 7. The summed E-state index contributed by atoms with van der Waals surface area (Å²) in [5.41, 5.74) is -0.539. The Kier molecular flexibility index (Phi) is 4.38. The molecule has 2 N–H and O–H groups in total. The van der Waals surface area contributed by atoms with E-state index in [1.54, 1.807) is 0 Å². The molecule has 3 rings (SSSR count). The van der Waals surface area contributed by atoms with Gasteiger partial charge in [-0.3, -0.25) is 10.1 Å². The van der Waals surface area contributed by atoms with Crippen molar-refractivity contribution in [3.8, 4) is 11.5 Å². The first kappa shape index (κ1) is 16.3. The van der Waals surface area contributed by atoms with Crippen LogP contribution in [0.4, 0.5) is 4.39 Å². The first-order valence-corrected chi connectivity index (χ1v) is 8.01. The highest BCUT2D eigenvalue weighted by atomic mass is 35.5. The quantitative estimate of drug-likeness (QED) is 0.745. The molecule has 0 atom stereocenters. The number of carbonyl (C=O) groups excluding carboxylic acids is 1. The van der Waals surface area contributed by atoms with Crippen molar-refractivity contribution in [2.75, 3.05) is 13.7 Å². The average Bonchev–Trinajstić information content (AvgIpc) is 3.44. The van der Waals surface area contributed by atoms with Gasteiger partial charge in [-0.1, -0.05) is 11.6 Å². The van der Waals surface area contributed by atoms with Crippen molar-refractivity contribution in [1.82, 2.24) is 5.32 Å². The Morgan fingerprint density at radius 1 is 1.52 bits per heavy atom. The fourth-order valence-electron chi connectivity index (χ4n) is 2.44. The van der Waals surface area contributed by atoms with Crippen LogP contribution in [0, 0.1) is 11.7 Å². The van der Waals surface area contributed by atoms with Gasteiger partial charge in [-0.2, -0.15) is 0 Å². The maximum atomic E-state index is 14.4. The summed E-state index contributed by atoms with van der Waals surface area (Å²) >= 11 is 5.79. The zero-order valence-electron chi connectivity index (χ0n) is 12.8. The summed E-state index contributed by atoms with van der Waals surface area (Å²) in [6.45, 7) is 0.552. The summed E-state index contributed by atoms with van der Waals surface area (Å²) in [6.07, 6.45) is 3.49. The van der Waals surface area contributed by atoms with E-state index < -0.39 is 11.4 Å². The fourth-order valence-corrected chi connectivity index (χ4v) is 2.61. The second-order valence-corrected chi connectivity index (χ2v) is 6.56. The summed E-state index contributed by atoms with van der Waals surface area (Å²) in [4.78, 5) is 11.8. The second kappa shape index (κ2) is 6.17. The molecule has 0 aliphatic heterocycles. The predicted octanol–water partition coefficient (Wildman–Crippen LogP) is 2.77. The lowest BCUT2D eigenvalue weighted by Crippen LogP contribution is -2.39. The van der Waals surface area contributed by atoms with Gasteiger partial charge in [0.15, 0.2) is 5.82 Å². The number of phenols is 1. The molecule has 23 heavy (non-hydrogen) atoms. The minimum atomic E-state index is -0.751. The number of aromatic hydroxyl groups is 1. The molecule has 0 amide bonds. The molecule has 0 aromatic heterocycles. The maximum Gasteiger partial charge on any atom is 0.326 e. The number of esters is 1. The number of nitrogens with one attached hydrogen (secondary N) is 1. The number of phenolic OH excluding ortho intramolecular Hbond substituents is 1. The molecule has 5 nitrogen and oxygen atoms in total. The van der Waals surface area contributed by atoms with Gasteiger partial charge < -0.3 is 14.6 Å². The Hall–Kier alpha value is -1.53. The van der Waals surface area contributed by atoms with Gasteiger partial charge in [-0.25, -0.2) is 4.39 Å². The molecule has 0 radical (unpaired) electrons. The van der Waals surface area contributed by atoms with Crippen LogP contribution < -0.4 is 10.1 Å². The lowest BCUT2D eigenvalue weighted by atomic mass is 10.1. The van der Waals surface area contributed by atoms with Crippen LogP contribution in [0.5, 0.6) is 11.5 Å². The molecule has 0 heterocycles. The van der Waals surface area contributed by atoms with Crippen LogP contribution in [0.3, 0.4) is 0 Å². The summed E-state index contributed by atoms with van der Waals surface area (Å²) in [5, 5.41) is 12.4. The van der Waals surface area contributed by atoms with E-state index in [1.807, 2.05) is 0 Å². The van der Waals surface area contributed by atoms with Gasteiger partial charge in [0.25, 0.3) is 0 Å². The van der Waals surface area contributed by atoms with E-state index in [0.717, 1.165) is 12.8 Å². The molecule has 2 aliphatic carbocycles. The molecule has 1 aromatic rings. The number of halogens is 2. The SMILES string of the molecule is COC(=O)C1(NCc2c(OCC3CC3)cc(O)c(Cl)c2F)CC1. The van der Waals surface area contributed by atoms with Gasteiger partial charge >= 0.3 is 5.97 Å². The Bertz CT molecular complexity index is 629. The number of benzene rings is 1. The van der Waals surface area contributed by atoms with Crippen LogP contribution in [-0.4, -0.2) is 30.3 Å². The van der Waals surface area contributed by atoms with E-state index >= 15 is 0 Å². The Labute approximate surface area is 138 Å². The largest absolute Gasteiger partial charge is 0.506 e. The monoisotopic (exact) mass is 343 g/mol. The third kappa shape index (κ3) is 3.38. The summed E-state index contributed by atoms with van der Waals surface area (Å²) in [6, 6.07) is 1.32.